The number of hydrogen-bond donors (Lipinski definition) is 2. The van der Waals surface area contributed by atoms with Gasteiger partial charge in [0.2, 0.25) is 0 Å². The molecule has 5 heteroatoms. The molecular weight excluding hydrogens is 260 g/mol. The Bertz CT molecular complexity index is 507. The van der Waals surface area contributed by atoms with Crippen LogP contribution in [-0.4, -0.2) is 21.0 Å². The molecule has 1 aromatic heterocycles. The Labute approximate surface area is 94.5 Å². The molecule has 0 saturated carbocycles. The molecule has 0 aliphatic rings. The first kappa shape index (κ1) is 10.2. The zero-order chi connectivity index (χ0) is 10.8. The largest absolute Gasteiger partial charge is 0.481 e. The highest BCUT2D eigenvalue weighted by Crippen LogP contribution is 2.20. The molecule has 0 spiro atoms. The number of halogens is 1. The van der Waals surface area contributed by atoms with Gasteiger partial charge >= 0.3 is 5.97 Å². The second-order valence-electron chi connectivity index (χ2n) is 3.26. The minimum atomic E-state index is -0.842. The summed E-state index contributed by atoms with van der Waals surface area (Å²) in [6.07, 6.45) is 1.58. The standard InChI is InChI=1S/C10H9BrN2O2/c11-4-6-1-7(3-9(14)15)10-8(2-6)12-5-13-10/h1-2,5H,3-4H2,(H,12,13)(H,14,15). The van der Waals surface area contributed by atoms with Crippen molar-refractivity contribution >= 4 is 32.9 Å². The number of nitrogens with one attached hydrogen (secondary N) is 1. The smallest absolute Gasteiger partial charge is 0.307 e. The number of H-pyrrole nitrogens is 1. The number of hydrogen-bond acceptors (Lipinski definition) is 2. The molecular formula is C10H9BrN2O2. The molecule has 0 unspecified atom stereocenters. The fourth-order valence-corrected chi connectivity index (χ4v) is 1.89. The molecule has 78 valence electrons. The van der Waals surface area contributed by atoms with E-state index in [1.165, 1.54) is 0 Å². The van der Waals surface area contributed by atoms with Crippen molar-refractivity contribution < 1.29 is 9.90 Å². The molecule has 4 nitrogen and oxygen atoms in total. The molecule has 2 N–H and O–H groups in total. The zero-order valence-electron chi connectivity index (χ0n) is 7.83. The summed E-state index contributed by atoms with van der Waals surface area (Å²) in [6, 6.07) is 3.83. The second-order valence-corrected chi connectivity index (χ2v) is 3.82. The Balaban J connectivity index is 2.57. The highest BCUT2D eigenvalue weighted by atomic mass is 79.9. The lowest BCUT2D eigenvalue weighted by Gasteiger charge is -2.02. The summed E-state index contributed by atoms with van der Waals surface area (Å²) in [6.45, 7) is 0. The van der Waals surface area contributed by atoms with Crippen molar-refractivity contribution in [3.8, 4) is 0 Å². The van der Waals surface area contributed by atoms with Crippen LogP contribution in [0, 0.1) is 0 Å². The van der Waals surface area contributed by atoms with Crippen LogP contribution in [0.5, 0.6) is 0 Å². The van der Waals surface area contributed by atoms with Gasteiger partial charge in [-0.1, -0.05) is 22.0 Å². The second kappa shape index (κ2) is 4.02. The van der Waals surface area contributed by atoms with E-state index >= 15 is 0 Å². The van der Waals surface area contributed by atoms with Gasteiger partial charge in [0.15, 0.2) is 0 Å². The third-order valence-corrected chi connectivity index (χ3v) is 2.81. The quantitative estimate of drug-likeness (QED) is 0.838. The fourth-order valence-electron chi connectivity index (χ4n) is 1.56. The lowest BCUT2D eigenvalue weighted by Crippen LogP contribution is -2.01. The molecule has 0 amide bonds. The van der Waals surface area contributed by atoms with Crippen LogP contribution in [0.15, 0.2) is 18.5 Å². The van der Waals surface area contributed by atoms with Crippen molar-refractivity contribution in [2.24, 2.45) is 0 Å². The molecule has 0 aliphatic carbocycles. The van der Waals surface area contributed by atoms with Crippen LogP contribution in [0.25, 0.3) is 11.0 Å². The number of carboxylic acids is 1. The maximum atomic E-state index is 10.7. The van der Waals surface area contributed by atoms with E-state index in [9.17, 15) is 4.79 Å². The number of aliphatic carboxylic acids is 1. The van der Waals surface area contributed by atoms with Gasteiger partial charge < -0.3 is 10.1 Å². The van der Waals surface area contributed by atoms with Crippen LogP contribution in [0.3, 0.4) is 0 Å². The van der Waals surface area contributed by atoms with Crippen molar-refractivity contribution in [2.75, 3.05) is 0 Å². The highest BCUT2D eigenvalue weighted by Gasteiger charge is 2.09. The molecule has 1 aromatic carbocycles. The van der Waals surface area contributed by atoms with Crippen molar-refractivity contribution in [1.29, 1.82) is 0 Å². The normalized spacial score (nSPS) is 10.7. The van der Waals surface area contributed by atoms with E-state index < -0.39 is 5.97 Å². The number of carboxylic acid groups (broad SMARTS) is 1. The number of aromatic amines is 1. The lowest BCUT2D eigenvalue weighted by molar-refractivity contribution is -0.136. The summed E-state index contributed by atoms with van der Waals surface area (Å²) in [5.74, 6) is -0.842. The van der Waals surface area contributed by atoms with Gasteiger partial charge in [0.1, 0.15) is 0 Å². The van der Waals surface area contributed by atoms with Crippen LogP contribution >= 0.6 is 15.9 Å². The van der Waals surface area contributed by atoms with Gasteiger partial charge in [-0.05, 0) is 17.2 Å². The molecule has 0 saturated heterocycles. The van der Waals surface area contributed by atoms with Gasteiger partial charge in [0.05, 0.1) is 23.8 Å². The van der Waals surface area contributed by atoms with Crippen molar-refractivity contribution in [3.63, 3.8) is 0 Å². The van der Waals surface area contributed by atoms with Gasteiger partial charge in [-0.2, -0.15) is 0 Å². The van der Waals surface area contributed by atoms with Crippen LogP contribution < -0.4 is 0 Å². The Hall–Kier alpha value is -1.36. The SMILES string of the molecule is O=C(O)Cc1cc(CBr)cc2[nH]cnc12. The summed E-state index contributed by atoms with van der Waals surface area (Å²) in [5.41, 5.74) is 3.41. The lowest BCUT2D eigenvalue weighted by atomic mass is 10.1. The van der Waals surface area contributed by atoms with Gasteiger partial charge in [-0.25, -0.2) is 4.98 Å². The Morgan fingerprint density at radius 1 is 1.53 bits per heavy atom. The first-order valence-corrected chi connectivity index (χ1v) is 5.55. The number of nitrogens with zero attached hydrogens (tertiary/aromatic N) is 1. The van der Waals surface area contributed by atoms with E-state index in [0.717, 1.165) is 22.2 Å². The maximum Gasteiger partial charge on any atom is 0.307 e. The monoisotopic (exact) mass is 268 g/mol. The van der Waals surface area contributed by atoms with E-state index in [1.54, 1.807) is 6.33 Å². The van der Waals surface area contributed by atoms with Crippen molar-refractivity contribution in [3.05, 3.63) is 29.6 Å². The topological polar surface area (TPSA) is 66.0 Å². The summed E-state index contributed by atoms with van der Waals surface area (Å²) in [4.78, 5) is 17.8. The number of carbonyl (C=O) groups is 1. The van der Waals surface area contributed by atoms with Crippen LogP contribution in [0.4, 0.5) is 0 Å². The van der Waals surface area contributed by atoms with E-state index in [4.69, 9.17) is 5.11 Å². The molecule has 2 aromatic rings. The van der Waals surface area contributed by atoms with Gasteiger partial charge in [0, 0.05) is 5.33 Å². The first-order chi connectivity index (χ1) is 7.20. The molecule has 0 aliphatic heterocycles. The summed E-state index contributed by atoms with van der Waals surface area (Å²) < 4.78 is 0. The highest BCUT2D eigenvalue weighted by molar-refractivity contribution is 9.08. The number of benzene rings is 1. The first-order valence-electron chi connectivity index (χ1n) is 4.43. The van der Waals surface area contributed by atoms with Crippen LogP contribution in [0.2, 0.25) is 0 Å². The molecule has 15 heavy (non-hydrogen) atoms. The number of aromatic nitrogens is 2. The van der Waals surface area contributed by atoms with Crippen molar-refractivity contribution in [2.45, 2.75) is 11.8 Å². The fraction of sp³-hybridized carbons (Fsp3) is 0.200. The van der Waals surface area contributed by atoms with Gasteiger partial charge in [-0.15, -0.1) is 0 Å². The van der Waals surface area contributed by atoms with E-state index in [2.05, 4.69) is 25.9 Å². The summed E-state index contributed by atoms with van der Waals surface area (Å²) in [5, 5.41) is 9.48. The van der Waals surface area contributed by atoms with Crippen molar-refractivity contribution in [1.82, 2.24) is 9.97 Å². The van der Waals surface area contributed by atoms with Crippen LogP contribution in [0.1, 0.15) is 11.1 Å². The van der Waals surface area contributed by atoms with E-state index in [0.29, 0.717) is 5.33 Å². The zero-order valence-corrected chi connectivity index (χ0v) is 9.41. The summed E-state index contributed by atoms with van der Waals surface area (Å²) in [7, 11) is 0. The van der Waals surface area contributed by atoms with Crippen LogP contribution in [-0.2, 0) is 16.5 Å². The maximum absolute atomic E-state index is 10.7. The average Bonchev–Trinajstić information content (AvgIpc) is 2.64. The average molecular weight is 269 g/mol. The predicted molar refractivity (Wildman–Crippen MR) is 60.1 cm³/mol. The predicted octanol–water partition coefficient (Wildman–Crippen LogP) is 2.08. The Morgan fingerprint density at radius 2 is 2.33 bits per heavy atom. The number of rotatable bonds is 3. The number of imidazole rings is 1. The Kier molecular flexibility index (Phi) is 2.73. The van der Waals surface area contributed by atoms with E-state index in [-0.39, 0.29) is 6.42 Å². The third-order valence-electron chi connectivity index (χ3n) is 2.16. The molecule has 0 fully saturated rings. The minimum absolute atomic E-state index is 0.00218. The van der Waals surface area contributed by atoms with Gasteiger partial charge in [-0.3, -0.25) is 4.79 Å². The molecule has 2 rings (SSSR count). The molecule has 0 radical (unpaired) electrons. The molecule has 1 heterocycles. The number of fused-ring (bicyclic) bond motifs is 1. The van der Waals surface area contributed by atoms with E-state index in [1.807, 2.05) is 12.1 Å². The summed E-state index contributed by atoms with van der Waals surface area (Å²) >= 11 is 3.35. The minimum Gasteiger partial charge on any atom is -0.481 e. The molecule has 0 bridgehead atoms. The van der Waals surface area contributed by atoms with Gasteiger partial charge in [0.25, 0.3) is 0 Å². The molecule has 0 atom stereocenters. The number of alkyl halides is 1. The Morgan fingerprint density at radius 3 is 3.00 bits per heavy atom. The third kappa shape index (κ3) is 2.02.